The van der Waals surface area contributed by atoms with Crippen LogP contribution in [-0.2, 0) is 0 Å². The van der Waals surface area contributed by atoms with Crippen molar-refractivity contribution in [2.75, 3.05) is 22.9 Å². The molecular weight excluding hydrogens is 264 g/mol. The van der Waals surface area contributed by atoms with Gasteiger partial charge >= 0.3 is 0 Å². The molecule has 4 N–H and O–H groups in total. The summed E-state index contributed by atoms with van der Waals surface area (Å²) in [6.07, 6.45) is 0. The molecule has 0 saturated carbocycles. The fourth-order valence-electron chi connectivity index (χ4n) is 1.70. The van der Waals surface area contributed by atoms with Crippen LogP contribution in [-0.4, -0.2) is 16.5 Å². The topological polar surface area (TPSA) is 75.9 Å². The Kier molecular flexibility index (Phi) is 3.97. The number of nitrogens with two attached hydrogens (primary N) is 1. The van der Waals surface area contributed by atoms with Gasteiger partial charge in [0.2, 0.25) is 5.95 Å². The Bertz CT molecular complexity index is 630. The minimum atomic E-state index is -0.699. The van der Waals surface area contributed by atoms with Crippen LogP contribution in [0.2, 0.25) is 0 Å². The summed E-state index contributed by atoms with van der Waals surface area (Å²) in [5, 5.41) is 5.56. The predicted molar refractivity (Wildman–Crippen MR) is 75.0 cm³/mol. The lowest BCUT2D eigenvalue weighted by molar-refractivity contribution is 0.584. The Balaban J connectivity index is 2.37. The fraction of sp³-hybridized carbons (Fsp3) is 0.231. The van der Waals surface area contributed by atoms with E-state index >= 15 is 0 Å². The highest BCUT2D eigenvalue weighted by Gasteiger charge is 2.13. The Labute approximate surface area is 115 Å². The first-order chi connectivity index (χ1) is 9.51. The second-order valence-electron chi connectivity index (χ2n) is 4.21. The number of hydrogen-bond acceptors (Lipinski definition) is 5. The zero-order valence-electron chi connectivity index (χ0n) is 11.2. The quantitative estimate of drug-likeness (QED) is 0.802. The Morgan fingerprint density at radius 1 is 1.20 bits per heavy atom. The van der Waals surface area contributed by atoms with Gasteiger partial charge < -0.3 is 16.4 Å². The van der Waals surface area contributed by atoms with Crippen LogP contribution in [0.4, 0.5) is 32.1 Å². The standard InChI is InChI=1S/C13H15F2N5/c1-3-17-9-6-10(20-13(16)19-9)18-12-8(14)5-4-7(2)11(12)15/h4-6H,3H2,1-2H3,(H4,16,17,18,19,20). The van der Waals surface area contributed by atoms with E-state index in [1.165, 1.54) is 18.2 Å². The predicted octanol–water partition coefficient (Wildman–Crippen LogP) is 2.82. The lowest BCUT2D eigenvalue weighted by Crippen LogP contribution is -2.07. The molecule has 1 aromatic heterocycles. The Morgan fingerprint density at radius 3 is 2.60 bits per heavy atom. The molecule has 0 aliphatic rings. The summed E-state index contributed by atoms with van der Waals surface area (Å²) in [7, 11) is 0. The minimum absolute atomic E-state index is 0.0134. The van der Waals surface area contributed by atoms with Crippen LogP contribution in [0.15, 0.2) is 18.2 Å². The highest BCUT2D eigenvalue weighted by molar-refractivity contribution is 5.62. The van der Waals surface area contributed by atoms with Crippen LogP contribution >= 0.6 is 0 Å². The number of aryl methyl sites for hydroxylation is 1. The third kappa shape index (κ3) is 2.93. The van der Waals surface area contributed by atoms with Crippen LogP contribution < -0.4 is 16.4 Å². The molecule has 0 unspecified atom stereocenters. The van der Waals surface area contributed by atoms with Crippen LogP contribution in [0.25, 0.3) is 0 Å². The monoisotopic (exact) mass is 279 g/mol. The molecule has 2 rings (SSSR count). The first-order valence-electron chi connectivity index (χ1n) is 6.11. The molecule has 7 heteroatoms. The van der Waals surface area contributed by atoms with E-state index in [1.54, 1.807) is 6.92 Å². The lowest BCUT2D eigenvalue weighted by atomic mass is 10.2. The zero-order valence-corrected chi connectivity index (χ0v) is 11.2. The van der Waals surface area contributed by atoms with Gasteiger partial charge in [0.15, 0.2) is 5.82 Å². The van der Waals surface area contributed by atoms with Gasteiger partial charge in [0.05, 0.1) is 0 Å². The highest BCUT2D eigenvalue weighted by atomic mass is 19.1. The summed E-state index contributed by atoms with van der Waals surface area (Å²) in [4.78, 5) is 7.86. The SMILES string of the molecule is CCNc1cc(Nc2c(F)ccc(C)c2F)nc(N)n1. The summed E-state index contributed by atoms with van der Waals surface area (Å²) in [5.41, 5.74) is 5.64. The summed E-state index contributed by atoms with van der Waals surface area (Å²) in [6.45, 7) is 4.09. The van der Waals surface area contributed by atoms with Crippen molar-refractivity contribution in [2.24, 2.45) is 0 Å². The zero-order chi connectivity index (χ0) is 14.7. The van der Waals surface area contributed by atoms with E-state index in [9.17, 15) is 8.78 Å². The number of hydrogen-bond donors (Lipinski definition) is 3. The normalized spacial score (nSPS) is 10.4. The highest BCUT2D eigenvalue weighted by Crippen LogP contribution is 2.25. The van der Waals surface area contributed by atoms with Crippen molar-refractivity contribution in [1.82, 2.24) is 9.97 Å². The number of anilines is 4. The smallest absolute Gasteiger partial charge is 0.223 e. The molecule has 106 valence electrons. The molecule has 0 aliphatic heterocycles. The molecule has 0 bridgehead atoms. The average Bonchev–Trinajstić information content (AvgIpc) is 2.39. The number of aromatic nitrogens is 2. The Morgan fingerprint density at radius 2 is 1.90 bits per heavy atom. The molecule has 0 spiro atoms. The summed E-state index contributed by atoms with van der Waals surface area (Å²) in [6, 6.07) is 4.09. The van der Waals surface area contributed by atoms with Gasteiger partial charge in [0.25, 0.3) is 0 Å². The van der Waals surface area contributed by atoms with Crippen LogP contribution in [0.5, 0.6) is 0 Å². The third-order valence-electron chi connectivity index (χ3n) is 2.64. The van der Waals surface area contributed by atoms with Crippen molar-refractivity contribution < 1.29 is 8.78 Å². The Hall–Kier alpha value is -2.44. The lowest BCUT2D eigenvalue weighted by Gasteiger charge is -2.11. The van der Waals surface area contributed by atoms with Gasteiger partial charge in [-0.05, 0) is 25.5 Å². The van der Waals surface area contributed by atoms with Crippen LogP contribution in [0.3, 0.4) is 0 Å². The first-order valence-corrected chi connectivity index (χ1v) is 6.11. The van der Waals surface area contributed by atoms with Crippen molar-refractivity contribution in [3.05, 3.63) is 35.4 Å². The maximum Gasteiger partial charge on any atom is 0.223 e. The molecule has 5 nitrogen and oxygen atoms in total. The van der Waals surface area contributed by atoms with E-state index in [0.29, 0.717) is 17.9 Å². The van der Waals surface area contributed by atoms with E-state index in [2.05, 4.69) is 20.6 Å². The molecule has 0 aliphatic carbocycles. The largest absolute Gasteiger partial charge is 0.370 e. The second-order valence-corrected chi connectivity index (χ2v) is 4.21. The van der Waals surface area contributed by atoms with Gasteiger partial charge in [-0.3, -0.25) is 0 Å². The molecule has 20 heavy (non-hydrogen) atoms. The van der Waals surface area contributed by atoms with Crippen molar-refractivity contribution >= 4 is 23.3 Å². The number of nitrogen functional groups attached to an aromatic ring is 1. The van der Waals surface area contributed by atoms with Crippen LogP contribution in [0, 0.1) is 18.6 Å². The van der Waals surface area contributed by atoms with Crippen molar-refractivity contribution in [3.63, 3.8) is 0 Å². The maximum absolute atomic E-state index is 13.9. The summed E-state index contributed by atoms with van der Waals surface area (Å²) >= 11 is 0. The second kappa shape index (κ2) is 5.68. The van der Waals surface area contributed by atoms with Crippen LogP contribution in [0.1, 0.15) is 12.5 Å². The molecule has 0 saturated heterocycles. The van der Waals surface area contributed by atoms with Gasteiger partial charge in [-0.1, -0.05) is 6.07 Å². The van der Waals surface area contributed by atoms with Crippen molar-refractivity contribution in [2.45, 2.75) is 13.8 Å². The summed E-state index contributed by atoms with van der Waals surface area (Å²) in [5.74, 6) is -0.644. The number of benzene rings is 1. The van der Waals surface area contributed by atoms with E-state index < -0.39 is 11.6 Å². The molecule has 0 radical (unpaired) electrons. The molecular formula is C13H15F2N5. The van der Waals surface area contributed by atoms with E-state index in [0.717, 1.165) is 0 Å². The van der Waals surface area contributed by atoms with Gasteiger partial charge in [-0.2, -0.15) is 9.97 Å². The van der Waals surface area contributed by atoms with E-state index in [4.69, 9.17) is 5.73 Å². The number of nitrogens with zero attached hydrogens (tertiary/aromatic N) is 2. The molecule has 1 aromatic carbocycles. The summed E-state index contributed by atoms with van der Waals surface area (Å²) < 4.78 is 27.6. The van der Waals surface area contributed by atoms with E-state index in [1.807, 2.05) is 6.92 Å². The molecule has 0 fully saturated rings. The number of nitrogens with one attached hydrogen (secondary N) is 2. The number of rotatable bonds is 4. The molecule has 0 amide bonds. The molecule has 2 aromatic rings. The van der Waals surface area contributed by atoms with E-state index in [-0.39, 0.29) is 17.5 Å². The fourth-order valence-corrected chi connectivity index (χ4v) is 1.70. The average molecular weight is 279 g/mol. The van der Waals surface area contributed by atoms with Crippen molar-refractivity contribution in [1.29, 1.82) is 0 Å². The van der Waals surface area contributed by atoms with Crippen molar-refractivity contribution in [3.8, 4) is 0 Å². The maximum atomic E-state index is 13.9. The number of halogens is 2. The van der Waals surface area contributed by atoms with Gasteiger partial charge in [-0.15, -0.1) is 0 Å². The van der Waals surface area contributed by atoms with Gasteiger partial charge in [0, 0.05) is 12.6 Å². The molecule has 0 atom stereocenters. The van der Waals surface area contributed by atoms with Gasteiger partial charge in [-0.25, -0.2) is 8.78 Å². The molecule has 1 heterocycles. The minimum Gasteiger partial charge on any atom is -0.370 e. The van der Waals surface area contributed by atoms with Gasteiger partial charge in [0.1, 0.15) is 23.1 Å². The first kappa shape index (κ1) is 14.0. The third-order valence-corrected chi connectivity index (χ3v) is 2.64.